The molecule has 0 radical (unpaired) electrons. The largest absolute Gasteiger partial charge is 0.465 e. The normalized spacial score (nSPS) is 10.0. The zero-order valence-corrected chi connectivity index (χ0v) is 11.5. The molecule has 0 bridgehead atoms. The minimum absolute atomic E-state index is 0.0713. The molecular weight excluding hydrogens is 274 g/mol. The van der Waals surface area contributed by atoms with Crippen molar-refractivity contribution < 1.29 is 14.3 Å². The highest BCUT2D eigenvalue weighted by atomic mass is 16.5. The molecule has 0 aliphatic carbocycles. The fourth-order valence-electron chi connectivity index (χ4n) is 1.69. The number of methoxy groups -OCH3 is 1. The molecule has 21 heavy (non-hydrogen) atoms. The third-order valence-electron chi connectivity index (χ3n) is 2.67. The van der Waals surface area contributed by atoms with Gasteiger partial charge in [0.2, 0.25) is 5.95 Å². The van der Waals surface area contributed by atoms with Crippen molar-refractivity contribution >= 4 is 17.8 Å². The first-order valence-electron chi connectivity index (χ1n) is 6.07. The number of carbonyl (C=O) groups excluding carboxylic acids is 2. The van der Waals surface area contributed by atoms with E-state index in [9.17, 15) is 14.4 Å². The Morgan fingerprint density at radius 3 is 2.38 bits per heavy atom. The number of aromatic amines is 1. The van der Waals surface area contributed by atoms with E-state index in [1.807, 2.05) is 0 Å². The fraction of sp³-hybridized carbons (Fsp3) is 0.143. The van der Waals surface area contributed by atoms with Gasteiger partial charge >= 0.3 is 5.97 Å². The summed E-state index contributed by atoms with van der Waals surface area (Å²) >= 11 is 0. The molecule has 2 rings (SSSR count). The van der Waals surface area contributed by atoms with Crippen LogP contribution in [0.5, 0.6) is 0 Å². The summed E-state index contributed by atoms with van der Waals surface area (Å²) in [5, 5.41) is 2.48. The van der Waals surface area contributed by atoms with Crippen LogP contribution in [0.25, 0.3) is 0 Å². The summed E-state index contributed by atoms with van der Waals surface area (Å²) in [4.78, 5) is 41.0. The van der Waals surface area contributed by atoms with E-state index < -0.39 is 11.9 Å². The number of hydrogen-bond acceptors (Lipinski definition) is 5. The predicted octanol–water partition coefficient (Wildman–Crippen LogP) is 1.12. The van der Waals surface area contributed by atoms with Gasteiger partial charge in [-0.15, -0.1) is 0 Å². The summed E-state index contributed by atoms with van der Waals surface area (Å²) in [6.45, 7) is 1.65. The van der Waals surface area contributed by atoms with Crippen molar-refractivity contribution in [3.8, 4) is 0 Å². The van der Waals surface area contributed by atoms with Gasteiger partial charge in [0, 0.05) is 17.3 Å². The molecule has 0 spiro atoms. The number of nitrogens with one attached hydrogen (secondary N) is 2. The zero-order chi connectivity index (χ0) is 15.4. The van der Waals surface area contributed by atoms with Gasteiger partial charge in [0.05, 0.1) is 12.7 Å². The lowest BCUT2D eigenvalue weighted by atomic mass is 10.1. The first-order valence-corrected chi connectivity index (χ1v) is 6.07. The maximum Gasteiger partial charge on any atom is 0.337 e. The molecule has 2 N–H and O–H groups in total. The Kier molecular flexibility index (Phi) is 4.13. The number of anilines is 1. The lowest BCUT2D eigenvalue weighted by Gasteiger charge is -2.05. The highest BCUT2D eigenvalue weighted by Gasteiger charge is 2.10. The van der Waals surface area contributed by atoms with Crippen LogP contribution in [0.15, 0.2) is 35.1 Å². The van der Waals surface area contributed by atoms with E-state index in [1.165, 1.54) is 37.4 Å². The van der Waals surface area contributed by atoms with E-state index in [4.69, 9.17) is 0 Å². The van der Waals surface area contributed by atoms with Crippen molar-refractivity contribution in [3.05, 3.63) is 57.5 Å². The topological polar surface area (TPSA) is 101 Å². The van der Waals surface area contributed by atoms with E-state index in [2.05, 4.69) is 20.0 Å². The smallest absolute Gasteiger partial charge is 0.337 e. The number of amides is 1. The third kappa shape index (κ3) is 3.53. The van der Waals surface area contributed by atoms with Gasteiger partial charge in [-0.25, -0.2) is 9.78 Å². The average molecular weight is 287 g/mol. The van der Waals surface area contributed by atoms with Crippen LogP contribution in [0, 0.1) is 6.92 Å². The molecule has 2 aromatic rings. The highest BCUT2D eigenvalue weighted by molar-refractivity contribution is 6.03. The van der Waals surface area contributed by atoms with Crippen LogP contribution in [-0.2, 0) is 4.74 Å². The fourth-order valence-corrected chi connectivity index (χ4v) is 1.69. The van der Waals surface area contributed by atoms with Crippen molar-refractivity contribution in [2.75, 3.05) is 12.4 Å². The van der Waals surface area contributed by atoms with Crippen LogP contribution < -0.4 is 10.9 Å². The number of esters is 1. The lowest BCUT2D eigenvalue weighted by Crippen LogP contribution is -2.18. The van der Waals surface area contributed by atoms with Crippen molar-refractivity contribution in [2.45, 2.75) is 6.92 Å². The number of aryl methyl sites for hydroxylation is 1. The number of benzene rings is 1. The van der Waals surface area contributed by atoms with Crippen molar-refractivity contribution in [1.29, 1.82) is 0 Å². The Hall–Kier alpha value is -2.96. The van der Waals surface area contributed by atoms with Crippen molar-refractivity contribution in [2.24, 2.45) is 0 Å². The van der Waals surface area contributed by atoms with Crippen LogP contribution in [0.1, 0.15) is 26.4 Å². The Morgan fingerprint density at radius 1 is 1.19 bits per heavy atom. The van der Waals surface area contributed by atoms with E-state index >= 15 is 0 Å². The first-order chi connectivity index (χ1) is 9.99. The standard InChI is InChI=1S/C14H13N3O4/c1-8-7-11(18)16-14(15-8)17-12(19)9-3-5-10(6-4-9)13(20)21-2/h3-7H,1-2H3,(H2,15,16,17,18,19). The zero-order valence-electron chi connectivity index (χ0n) is 11.5. The Morgan fingerprint density at radius 2 is 1.81 bits per heavy atom. The number of rotatable bonds is 3. The first kappa shape index (κ1) is 14.4. The number of H-pyrrole nitrogens is 1. The molecular formula is C14H13N3O4. The average Bonchev–Trinajstić information content (AvgIpc) is 2.45. The van der Waals surface area contributed by atoms with Crippen LogP contribution >= 0.6 is 0 Å². The van der Waals surface area contributed by atoms with Crippen molar-refractivity contribution in [3.63, 3.8) is 0 Å². The summed E-state index contributed by atoms with van der Waals surface area (Å²) in [5.41, 5.74) is 0.817. The number of ether oxygens (including phenoxy) is 1. The Bertz CT molecular complexity index is 735. The molecule has 1 heterocycles. The summed E-state index contributed by atoms with van der Waals surface area (Å²) in [5.74, 6) is -0.853. The Labute approximate surface area is 120 Å². The van der Waals surface area contributed by atoms with Gasteiger partial charge < -0.3 is 4.74 Å². The van der Waals surface area contributed by atoms with E-state index in [0.717, 1.165) is 0 Å². The Balaban J connectivity index is 2.16. The quantitative estimate of drug-likeness (QED) is 0.824. The van der Waals surface area contributed by atoms with E-state index in [0.29, 0.717) is 16.8 Å². The summed E-state index contributed by atoms with van der Waals surface area (Å²) < 4.78 is 4.57. The van der Waals surface area contributed by atoms with Gasteiger partial charge in [0.25, 0.3) is 11.5 Å². The maximum absolute atomic E-state index is 12.0. The van der Waals surface area contributed by atoms with E-state index in [1.54, 1.807) is 6.92 Å². The molecule has 0 aliphatic heterocycles. The molecule has 0 unspecified atom stereocenters. The molecule has 7 heteroatoms. The van der Waals surface area contributed by atoms with Gasteiger partial charge in [0.1, 0.15) is 0 Å². The summed E-state index contributed by atoms with van der Waals surface area (Å²) in [7, 11) is 1.28. The molecule has 0 saturated heterocycles. The van der Waals surface area contributed by atoms with Crippen LogP contribution in [0.2, 0.25) is 0 Å². The van der Waals surface area contributed by atoms with Gasteiger partial charge in [-0.05, 0) is 31.2 Å². The molecule has 0 atom stereocenters. The van der Waals surface area contributed by atoms with Gasteiger partial charge in [-0.3, -0.25) is 19.9 Å². The van der Waals surface area contributed by atoms with Crippen LogP contribution in [-0.4, -0.2) is 29.0 Å². The number of carbonyl (C=O) groups is 2. The lowest BCUT2D eigenvalue weighted by molar-refractivity contribution is 0.0600. The second-order valence-corrected chi connectivity index (χ2v) is 4.26. The van der Waals surface area contributed by atoms with Gasteiger partial charge in [-0.1, -0.05) is 0 Å². The molecule has 1 amide bonds. The third-order valence-corrected chi connectivity index (χ3v) is 2.67. The molecule has 1 aromatic heterocycles. The molecule has 7 nitrogen and oxygen atoms in total. The molecule has 108 valence electrons. The molecule has 0 aliphatic rings. The predicted molar refractivity (Wildman–Crippen MR) is 75.3 cm³/mol. The van der Waals surface area contributed by atoms with Gasteiger partial charge in [-0.2, -0.15) is 0 Å². The number of hydrogen-bond donors (Lipinski definition) is 2. The molecule has 1 aromatic carbocycles. The van der Waals surface area contributed by atoms with Gasteiger partial charge in [0.15, 0.2) is 0 Å². The molecule has 0 saturated carbocycles. The van der Waals surface area contributed by atoms with Crippen LogP contribution in [0.3, 0.4) is 0 Å². The second-order valence-electron chi connectivity index (χ2n) is 4.26. The maximum atomic E-state index is 12.0. The van der Waals surface area contributed by atoms with Crippen LogP contribution in [0.4, 0.5) is 5.95 Å². The number of aromatic nitrogens is 2. The SMILES string of the molecule is COC(=O)c1ccc(C(=O)Nc2nc(C)cc(=O)[nH]2)cc1. The second kappa shape index (κ2) is 6.00. The monoisotopic (exact) mass is 287 g/mol. The van der Waals surface area contributed by atoms with Crippen molar-refractivity contribution in [1.82, 2.24) is 9.97 Å². The molecule has 0 fully saturated rings. The highest BCUT2D eigenvalue weighted by Crippen LogP contribution is 2.07. The summed E-state index contributed by atoms with van der Waals surface area (Å²) in [6.07, 6.45) is 0. The summed E-state index contributed by atoms with van der Waals surface area (Å²) in [6, 6.07) is 7.24. The van der Waals surface area contributed by atoms with E-state index in [-0.39, 0.29) is 11.5 Å². The minimum atomic E-state index is -0.480. The number of nitrogens with zero attached hydrogens (tertiary/aromatic N) is 1. The minimum Gasteiger partial charge on any atom is -0.465 e.